The molecule has 0 bridgehead atoms. The van der Waals surface area contributed by atoms with Gasteiger partial charge in [0, 0.05) is 19.0 Å². The van der Waals surface area contributed by atoms with E-state index in [4.69, 9.17) is 4.74 Å². The van der Waals surface area contributed by atoms with Crippen LogP contribution >= 0.6 is 0 Å². The van der Waals surface area contributed by atoms with E-state index < -0.39 is 6.04 Å². The molecule has 3 rings (SSSR count). The number of benzene rings is 3. The number of amides is 2. The standard InChI is InChI=1S/C31H38N2O3/c1-6-25(5)32-31(35)28(19-26-12-8-7-9-13-26)33(20-27-14-10-11-22(2)18-27)30(34)21-36-29-16-15-23(3)17-24(29)4/h7-18,25,28H,6,19-21H2,1-5H3,(H,32,35)/t25-,28-/m0/s1. The molecule has 0 unspecified atom stereocenters. The molecule has 0 saturated carbocycles. The Morgan fingerprint density at radius 2 is 1.58 bits per heavy atom. The van der Waals surface area contributed by atoms with Gasteiger partial charge in [-0.1, -0.05) is 84.8 Å². The largest absolute Gasteiger partial charge is 0.483 e. The second kappa shape index (κ2) is 12.9. The zero-order chi connectivity index (χ0) is 26.1. The fourth-order valence-corrected chi connectivity index (χ4v) is 4.19. The number of carbonyl (C=O) groups excluding carboxylic acids is 2. The molecule has 0 aliphatic rings. The third kappa shape index (κ3) is 7.70. The highest BCUT2D eigenvalue weighted by atomic mass is 16.5. The maximum absolute atomic E-state index is 13.7. The molecule has 0 fully saturated rings. The first-order valence-electron chi connectivity index (χ1n) is 12.7. The van der Waals surface area contributed by atoms with Crippen LogP contribution in [0.5, 0.6) is 5.75 Å². The molecule has 0 spiro atoms. The van der Waals surface area contributed by atoms with E-state index in [9.17, 15) is 9.59 Å². The fraction of sp³-hybridized carbons (Fsp3) is 0.355. The summed E-state index contributed by atoms with van der Waals surface area (Å²) in [6.07, 6.45) is 1.23. The van der Waals surface area contributed by atoms with Crippen molar-refractivity contribution in [1.29, 1.82) is 0 Å². The lowest BCUT2D eigenvalue weighted by Gasteiger charge is -2.32. The molecule has 190 valence electrons. The van der Waals surface area contributed by atoms with Crippen LogP contribution in [0, 0.1) is 20.8 Å². The highest BCUT2D eigenvalue weighted by Gasteiger charge is 2.31. The fourth-order valence-electron chi connectivity index (χ4n) is 4.19. The van der Waals surface area contributed by atoms with Gasteiger partial charge in [0.1, 0.15) is 11.8 Å². The van der Waals surface area contributed by atoms with Gasteiger partial charge in [-0.15, -0.1) is 0 Å². The molecule has 2 atom stereocenters. The number of rotatable bonds is 11. The summed E-state index contributed by atoms with van der Waals surface area (Å²) in [4.78, 5) is 28.9. The maximum Gasteiger partial charge on any atom is 0.261 e. The summed E-state index contributed by atoms with van der Waals surface area (Å²) in [5.74, 6) is 0.297. The number of aryl methyl sites for hydroxylation is 3. The zero-order valence-corrected chi connectivity index (χ0v) is 22.1. The SMILES string of the molecule is CC[C@H](C)NC(=O)[C@H](Cc1ccccc1)N(Cc1cccc(C)c1)C(=O)COc1ccc(C)cc1C. The van der Waals surface area contributed by atoms with Gasteiger partial charge in [-0.05, 0) is 56.9 Å². The molecule has 0 aliphatic heterocycles. The van der Waals surface area contributed by atoms with Crippen LogP contribution in [0.15, 0.2) is 72.8 Å². The molecule has 0 aliphatic carbocycles. The summed E-state index contributed by atoms with van der Waals surface area (Å²) in [6.45, 7) is 10.2. The smallest absolute Gasteiger partial charge is 0.261 e. The van der Waals surface area contributed by atoms with Gasteiger partial charge in [-0.2, -0.15) is 0 Å². The Labute approximate surface area is 215 Å². The first kappa shape index (κ1) is 27.0. The van der Waals surface area contributed by atoms with Crippen molar-refractivity contribution >= 4 is 11.8 Å². The first-order valence-corrected chi connectivity index (χ1v) is 12.7. The van der Waals surface area contributed by atoms with Crippen molar-refractivity contribution in [2.75, 3.05) is 6.61 Å². The molecule has 3 aromatic carbocycles. The molecule has 0 aromatic heterocycles. The molecular formula is C31H38N2O3. The molecule has 5 nitrogen and oxygen atoms in total. The van der Waals surface area contributed by atoms with Gasteiger partial charge in [0.05, 0.1) is 0 Å². The van der Waals surface area contributed by atoms with Crippen LogP contribution in [0.1, 0.15) is 48.1 Å². The summed E-state index contributed by atoms with van der Waals surface area (Å²) >= 11 is 0. The summed E-state index contributed by atoms with van der Waals surface area (Å²) < 4.78 is 5.96. The Hall–Kier alpha value is -3.60. The molecule has 5 heteroatoms. The Morgan fingerprint density at radius 1 is 0.889 bits per heavy atom. The van der Waals surface area contributed by atoms with Crippen molar-refractivity contribution in [1.82, 2.24) is 10.2 Å². The summed E-state index contributed by atoms with van der Waals surface area (Å²) in [6, 6.07) is 23.1. The minimum Gasteiger partial charge on any atom is -0.483 e. The van der Waals surface area contributed by atoms with Crippen molar-refractivity contribution in [3.8, 4) is 5.75 Å². The summed E-state index contributed by atoms with van der Waals surface area (Å²) in [5, 5.41) is 3.10. The molecular weight excluding hydrogens is 448 g/mol. The number of ether oxygens (including phenoxy) is 1. The number of hydrogen-bond donors (Lipinski definition) is 1. The lowest BCUT2D eigenvalue weighted by molar-refractivity contribution is -0.143. The van der Waals surface area contributed by atoms with Gasteiger partial charge in [0.2, 0.25) is 5.91 Å². The quantitative estimate of drug-likeness (QED) is 0.387. The van der Waals surface area contributed by atoms with E-state index in [0.29, 0.717) is 18.7 Å². The monoisotopic (exact) mass is 486 g/mol. The molecule has 0 radical (unpaired) electrons. The van der Waals surface area contributed by atoms with Gasteiger partial charge in [0.25, 0.3) is 5.91 Å². The van der Waals surface area contributed by atoms with Crippen molar-refractivity contribution in [2.24, 2.45) is 0 Å². The molecule has 0 heterocycles. The van der Waals surface area contributed by atoms with E-state index >= 15 is 0 Å². The van der Waals surface area contributed by atoms with E-state index in [-0.39, 0.29) is 24.5 Å². The van der Waals surface area contributed by atoms with Crippen LogP contribution in [-0.4, -0.2) is 35.4 Å². The Balaban J connectivity index is 1.92. The maximum atomic E-state index is 13.7. The van der Waals surface area contributed by atoms with Gasteiger partial charge in [-0.25, -0.2) is 0 Å². The van der Waals surface area contributed by atoms with Crippen LogP contribution in [-0.2, 0) is 22.6 Å². The van der Waals surface area contributed by atoms with Gasteiger partial charge < -0.3 is 15.0 Å². The van der Waals surface area contributed by atoms with E-state index in [2.05, 4.69) is 11.4 Å². The zero-order valence-electron chi connectivity index (χ0n) is 22.1. The van der Waals surface area contributed by atoms with Crippen LogP contribution < -0.4 is 10.1 Å². The highest BCUT2D eigenvalue weighted by Crippen LogP contribution is 2.20. The predicted molar refractivity (Wildman–Crippen MR) is 145 cm³/mol. The molecule has 36 heavy (non-hydrogen) atoms. The molecule has 1 N–H and O–H groups in total. The van der Waals surface area contributed by atoms with Crippen molar-refractivity contribution < 1.29 is 14.3 Å². The lowest BCUT2D eigenvalue weighted by Crippen LogP contribution is -2.53. The Bertz CT molecular complexity index is 1160. The second-order valence-corrected chi connectivity index (χ2v) is 9.59. The third-order valence-corrected chi connectivity index (χ3v) is 6.39. The topological polar surface area (TPSA) is 58.6 Å². The van der Waals surface area contributed by atoms with E-state index in [1.165, 1.54) is 0 Å². The van der Waals surface area contributed by atoms with Crippen molar-refractivity contribution in [3.05, 3.63) is 101 Å². The highest BCUT2D eigenvalue weighted by molar-refractivity contribution is 5.88. The van der Waals surface area contributed by atoms with Gasteiger partial charge in [-0.3, -0.25) is 9.59 Å². The Morgan fingerprint density at radius 3 is 2.25 bits per heavy atom. The number of nitrogens with one attached hydrogen (secondary N) is 1. The number of hydrogen-bond acceptors (Lipinski definition) is 3. The summed E-state index contributed by atoms with van der Waals surface area (Å²) in [5.41, 5.74) is 5.19. The molecule has 2 amide bonds. The van der Waals surface area contributed by atoms with Crippen LogP contribution in [0.2, 0.25) is 0 Å². The minimum atomic E-state index is -0.669. The van der Waals surface area contributed by atoms with Crippen molar-refractivity contribution in [2.45, 2.75) is 66.1 Å². The van der Waals surface area contributed by atoms with Crippen LogP contribution in [0.4, 0.5) is 0 Å². The van der Waals surface area contributed by atoms with Crippen LogP contribution in [0.3, 0.4) is 0 Å². The van der Waals surface area contributed by atoms with Crippen molar-refractivity contribution in [3.63, 3.8) is 0 Å². The van der Waals surface area contributed by atoms with Gasteiger partial charge in [0.15, 0.2) is 6.61 Å². The number of nitrogens with zero attached hydrogens (tertiary/aromatic N) is 1. The molecule has 3 aromatic rings. The Kier molecular flexibility index (Phi) is 9.69. The normalized spacial score (nSPS) is 12.5. The van der Waals surface area contributed by atoms with E-state index in [1.54, 1.807) is 4.90 Å². The molecule has 0 saturated heterocycles. The van der Waals surface area contributed by atoms with Gasteiger partial charge >= 0.3 is 0 Å². The summed E-state index contributed by atoms with van der Waals surface area (Å²) in [7, 11) is 0. The van der Waals surface area contributed by atoms with E-state index in [0.717, 1.165) is 34.2 Å². The second-order valence-electron chi connectivity index (χ2n) is 9.59. The number of carbonyl (C=O) groups is 2. The first-order chi connectivity index (χ1) is 17.3. The lowest BCUT2D eigenvalue weighted by atomic mass is 10.0. The predicted octanol–water partition coefficient (Wildman–Crippen LogP) is 5.55. The third-order valence-electron chi connectivity index (χ3n) is 6.39. The average Bonchev–Trinajstić information content (AvgIpc) is 2.86. The van der Waals surface area contributed by atoms with E-state index in [1.807, 2.05) is 101 Å². The minimum absolute atomic E-state index is 0.0122. The van der Waals surface area contributed by atoms with Crippen LogP contribution in [0.25, 0.3) is 0 Å². The average molecular weight is 487 g/mol.